The summed E-state index contributed by atoms with van der Waals surface area (Å²) in [5.41, 5.74) is 7.98. The molecule has 0 aromatic heterocycles. The number of ketones is 1. The van der Waals surface area contributed by atoms with E-state index >= 15 is 0 Å². The molecular formula is C15H25N3O. The lowest BCUT2D eigenvalue weighted by Crippen LogP contribution is -2.36. The van der Waals surface area contributed by atoms with Crippen LogP contribution in [0.4, 0.5) is 11.4 Å². The van der Waals surface area contributed by atoms with Crippen LogP contribution in [0.25, 0.3) is 0 Å². The third-order valence-electron chi connectivity index (χ3n) is 3.15. The van der Waals surface area contributed by atoms with Crippen molar-refractivity contribution < 1.29 is 4.79 Å². The average molecular weight is 263 g/mol. The van der Waals surface area contributed by atoms with Crippen LogP contribution in [-0.4, -0.2) is 37.4 Å². The monoisotopic (exact) mass is 263 g/mol. The minimum Gasteiger partial charge on any atom is -0.398 e. The number of anilines is 2. The van der Waals surface area contributed by atoms with E-state index in [9.17, 15) is 4.79 Å². The van der Waals surface area contributed by atoms with Gasteiger partial charge < -0.3 is 16.0 Å². The molecule has 3 N–H and O–H groups in total. The van der Waals surface area contributed by atoms with Crippen LogP contribution >= 0.6 is 0 Å². The number of carbonyl (C=O) groups excluding carboxylic acids is 1. The van der Waals surface area contributed by atoms with Gasteiger partial charge in [-0.05, 0) is 45.1 Å². The van der Waals surface area contributed by atoms with Gasteiger partial charge in [0.25, 0.3) is 0 Å². The molecule has 0 fully saturated rings. The zero-order valence-corrected chi connectivity index (χ0v) is 12.5. The van der Waals surface area contributed by atoms with Crippen molar-refractivity contribution in [2.75, 3.05) is 31.7 Å². The van der Waals surface area contributed by atoms with E-state index < -0.39 is 0 Å². The first-order valence-corrected chi connectivity index (χ1v) is 6.63. The molecule has 106 valence electrons. The zero-order valence-electron chi connectivity index (χ0n) is 12.5. The molecule has 1 atom stereocenters. The van der Waals surface area contributed by atoms with Crippen molar-refractivity contribution in [1.82, 2.24) is 4.90 Å². The van der Waals surface area contributed by atoms with Crippen molar-refractivity contribution in [1.29, 1.82) is 0 Å². The molecule has 0 saturated heterocycles. The average Bonchev–Trinajstić information content (AvgIpc) is 2.26. The summed E-state index contributed by atoms with van der Waals surface area (Å²) >= 11 is 0. The third kappa shape index (κ3) is 4.56. The summed E-state index contributed by atoms with van der Waals surface area (Å²) in [5, 5.41) is 3.48. The third-order valence-corrected chi connectivity index (χ3v) is 3.15. The van der Waals surface area contributed by atoms with Gasteiger partial charge in [0.05, 0.1) is 0 Å². The molecular weight excluding hydrogens is 238 g/mol. The van der Waals surface area contributed by atoms with Gasteiger partial charge in [-0.15, -0.1) is 0 Å². The van der Waals surface area contributed by atoms with Gasteiger partial charge in [0.2, 0.25) is 0 Å². The summed E-state index contributed by atoms with van der Waals surface area (Å²) in [5.74, 6) is 0.508. The fourth-order valence-corrected chi connectivity index (χ4v) is 2.00. The number of Topliss-reactive ketones (excluding diaryl/α,β-unsaturated/α-hetero) is 1. The first-order valence-electron chi connectivity index (χ1n) is 6.63. The molecule has 19 heavy (non-hydrogen) atoms. The molecule has 0 radical (unpaired) electrons. The van der Waals surface area contributed by atoms with E-state index in [4.69, 9.17) is 5.73 Å². The highest BCUT2D eigenvalue weighted by Crippen LogP contribution is 2.20. The van der Waals surface area contributed by atoms with Crippen molar-refractivity contribution in [3.05, 3.63) is 23.8 Å². The summed E-state index contributed by atoms with van der Waals surface area (Å²) in [4.78, 5) is 13.5. The Morgan fingerprint density at radius 1 is 1.37 bits per heavy atom. The molecule has 0 saturated carbocycles. The standard InChI is InChI=1S/C15H25N3O/c1-10(2)15(9-18(4)5)17-12-6-7-13(11(3)19)14(16)8-12/h6-8,10,15,17H,9,16H2,1-5H3. The summed E-state index contributed by atoms with van der Waals surface area (Å²) in [7, 11) is 4.12. The summed E-state index contributed by atoms with van der Waals surface area (Å²) in [6, 6.07) is 5.88. The second-order valence-corrected chi connectivity index (χ2v) is 5.62. The molecule has 0 aliphatic carbocycles. The highest BCUT2D eigenvalue weighted by atomic mass is 16.1. The highest BCUT2D eigenvalue weighted by Gasteiger charge is 2.15. The van der Waals surface area contributed by atoms with Gasteiger partial charge in [0, 0.05) is 29.5 Å². The maximum Gasteiger partial charge on any atom is 0.161 e. The van der Waals surface area contributed by atoms with Gasteiger partial charge in [-0.2, -0.15) is 0 Å². The molecule has 1 aromatic carbocycles. The molecule has 0 spiro atoms. The van der Waals surface area contributed by atoms with Gasteiger partial charge in [0.1, 0.15) is 0 Å². The molecule has 0 aliphatic heterocycles. The number of nitrogens with one attached hydrogen (secondary N) is 1. The number of rotatable bonds is 6. The van der Waals surface area contributed by atoms with Gasteiger partial charge in [-0.3, -0.25) is 4.79 Å². The fraction of sp³-hybridized carbons (Fsp3) is 0.533. The van der Waals surface area contributed by atoms with E-state index in [1.165, 1.54) is 6.92 Å². The Kier molecular flexibility index (Phi) is 5.36. The minimum absolute atomic E-state index is 0.00208. The first kappa shape index (κ1) is 15.5. The number of nitrogen functional groups attached to an aromatic ring is 1. The SMILES string of the molecule is CC(=O)c1ccc(NC(CN(C)C)C(C)C)cc1N. The van der Waals surface area contributed by atoms with Crippen LogP contribution < -0.4 is 11.1 Å². The van der Waals surface area contributed by atoms with Crippen LogP contribution in [0.2, 0.25) is 0 Å². The molecule has 1 aromatic rings. The molecule has 0 heterocycles. The Hall–Kier alpha value is -1.55. The van der Waals surface area contributed by atoms with Crippen LogP contribution in [0.5, 0.6) is 0 Å². The quantitative estimate of drug-likeness (QED) is 0.611. The lowest BCUT2D eigenvalue weighted by molar-refractivity contribution is 0.101. The van der Waals surface area contributed by atoms with E-state index in [0.717, 1.165) is 12.2 Å². The van der Waals surface area contributed by atoms with E-state index in [-0.39, 0.29) is 5.78 Å². The van der Waals surface area contributed by atoms with Crippen LogP contribution in [0.15, 0.2) is 18.2 Å². The smallest absolute Gasteiger partial charge is 0.161 e. The van der Waals surface area contributed by atoms with E-state index in [1.807, 2.05) is 12.1 Å². The van der Waals surface area contributed by atoms with E-state index in [1.54, 1.807) is 6.07 Å². The lowest BCUT2D eigenvalue weighted by Gasteiger charge is -2.27. The Morgan fingerprint density at radius 3 is 2.42 bits per heavy atom. The maximum atomic E-state index is 11.3. The summed E-state index contributed by atoms with van der Waals surface area (Å²) in [6.45, 7) is 6.86. The number of nitrogens with zero attached hydrogens (tertiary/aromatic N) is 1. The van der Waals surface area contributed by atoms with Crippen molar-refractivity contribution in [3.8, 4) is 0 Å². The van der Waals surface area contributed by atoms with Gasteiger partial charge in [-0.1, -0.05) is 13.8 Å². The number of hydrogen-bond donors (Lipinski definition) is 2. The lowest BCUT2D eigenvalue weighted by atomic mass is 10.0. The van der Waals surface area contributed by atoms with Gasteiger partial charge >= 0.3 is 0 Å². The number of nitrogens with two attached hydrogens (primary N) is 1. The number of likely N-dealkylation sites (N-methyl/N-ethyl adjacent to an activating group) is 1. The minimum atomic E-state index is -0.00208. The molecule has 1 rings (SSSR count). The Balaban J connectivity index is 2.85. The predicted molar refractivity (Wildman–Crippen MR) is 81.7 cm³/mol. The Bertz CT molecular complexity index is 441. The second kappa shape index (κ2) is 6.57. The van der Waals surface area contributed by atoms with E-state index in [0.29, 0.717) is 23.2 Å². The summed E-state index contributed by atoms with van der Waals surface area (Å²) in [6.07, 6.45) is 0. The van der Waals surface area contributed by atoms with Gasteiger partial charge in [-0.25, -0.2) is 0 Å². The molecule has 4 nitrogen and oxygen atoms in total. The van der Waals surface area contributed by atoms with Crippen LogP contribution in [0.3, 0.4) is 0 Å². The molecule has 0 amide bonds. The highest BCUT2D eigenvalue weighted by molar-refractivity contribution is 5.99. The molecule has 0 aliphatic rings. The molecule has 0 bridgehead atoms. The fourth-order valence-electron chi connectivity index (χ4n) is 2.00. The Morgan fingerprint density at radius 2 is 2.00 bits per heavy atom. The first-order chi connectivity index (χ1) is 8.81. The largest absolute Gasteiger partial charge is 0.398 e. The van der Waals surface area contributed by atoms with Crippen molar-refractivity contribution in [3.63, 3.8) is 0 Å². The number of carbonyl (C=O) groups is 1. The van der Waals surface area contributed by atoms with Crippen molar-refractivity contribution >= 4 is 17.2 Å². The van der Waals surface area contributed by atoms with Crippen LogP contribution in [0, 0.1) is 5.92 Å². The summed E-state index contributed by atoms with van der Waals surface area (Å²) < 4.78 is 0. The second-order valence-electron chi connectivity index (χ2n) is 5.62. The Labute approximate surface area is 116 Å². The number of benzene rings is 1. The van der Waals surface area contributed by atoms with Crippen LogP contribution in [0.1, 0.15) is 31.1 Å². The van der Waals surface area contributed by atoms with Gasteiger partial charge in [0.15, 0.2) is 5.78 Å². The maximum absolute atomic E-state index is 11.3. The molecule has 4 heteroatoms. The topological polar surface area (TPSA) is 58.4 Å². The zero-order chi connectivity index (χ0) is 14.6. The van der Waals surface area contributed by atoms with Crippen molar-refractivity contribution in [2.24, 2.45) is 5.92 Å². The number of hydrogen-bond acceptors (Lipinski definition) is 4. The van der Waals surface area contributed by atoms with E-state index in [2.05, 4.69) is 38.2 Å². The van der Waals surface area contributed by atoms with Crippen LogP contribution in [-0.2, 0) is 0 Å². The molecule has 1 unspecified atom stereocenters. The normalized spacial score (nSPS) is 12.8. The van der Waals surface area contributed by atoms with Crippen molar-refractivity contribution in [2.45, 2.75) is 26.8 Å². The predicted octanol–water partition coefficient (Wildman–Crippen LogP) is 2.47.